The van der Waals surface area contributed by atoms with Crippen molar-refractivity contribution in [3.8, 4) is 17.2 Å². The van der Waals surface area contributed by atoms with Gasteiger partial charge in [-0.15, -0.1) is 11.3 Å². The number of anilines is 1. The summed E-state index contributed by atoms with van der Waals surface area (Å²) in [5, 5.41) is 7.64. The summed E-state index contributed by atoms with van der Waals surface area (Å²) < 4.78 is 17.6. The molecule has 1 amide bonds. The molecule has 1 aromatic heterocycles. The maximum Gasteiger partial charge on any atom is 0.257 e. The Morgan fingerprint density at radius 3 is 2.20 bits per heavy atom. The van der Waals surface area contributed by atoms with E-state index in [4.69, 9.17) is 14.2 Å². The molecular formula is C33H32N2O5S. The number of nitrogens with one attached hydrogen (secondary N) is 2. The van der Waals surface area contributed by atoms with Gasteiger partial charge in [-0.25, -0.2) is 0 Å². The zero-order chi connectivity index (χ0) is 28.9. The molecule has 5 aromatic rings. The van der Waals surface area contributed by atoms with Crippen molar-refractivity contribution in [3.05, 3.63) is 106 Å². The second-order valence-corrected chi connectivity index (χ2v) is 10.7. The van der Waals surface area contributed by atoms with E-state index in [1.807, 2.05) is 48.5 Å². The van der Waals surface area contributed by atoms with E-state index in [0.29, 0.717) is 44.0 Å². The molecule has 0 radical (unpaired) electrons. The van der Waals surface area contributed by atoms with E-state index in [1.54, 1.807) is 51.7 Å². The largest absolute Gasteiger partial charge is 0.495 e. The van der Waals surface area contributed by atoms with Gasteiger partial charge in [-0.05, 0) is 79.5 Å². The summed E-state index contributed by atoms with van der Waals surface area (Å²) >= 11 is 1.39. The minimum absolute atomic E-state index is 0.110. The van der Waals surface area contributed by atoms with Crippen LogP contribution < -0.4 is 30.3 Å². The van der Waals surface area contributed by atoms with Crippen molar-refractivity contribution < 1.29 is 19.0 Å². The van der Waals surface area contributed by atoms with Gasteiger partial charge in [0.25, 0.3) is 5.91 Å². The fourth-order valence-electron chi connectivity index (χ4n) is 4.84. The van der Waals surface area contributed by atoms with Crippen LogP contribution in [0.3, 0.4) is 0 Å². The van der Waals surface area contributed by atoms with Crippen LogP contribution in [0.2, 0.25) is 0 Å². The predicted octanol–water partition coefficient (Wildman–Crippen LogP) is 6.59. The van der Waals surface area contributed by atoms with E-state index in [1.165, 1.54) is 11.3 Å². The lowest BCUT2D eigenvalue weighted by Gasteiger charge is -2.16. The molecule has 1 heterocycles. The van der Waals surface area contributed by atoms with Gasteiger partial charge in [0, 0.05) is 22.5 Å². The summed E-state index contributed by atoms with van der Waals surface area (Å²) in [5.41, 5.74) is 3.30. The molecule has 0 aliphatic heterocycles. The van der Waals surface area contributed by atoms with Crippen molar-refractivity contribution in [2.75, 3.05) is 33.2 Å². The molecule has 41 heavy (non-hydrogen) atoms. The van der Waals surface area contributed by atoms with Gasteiger partial charge in [-0.2, -0.15) is 0 Å². The van der Waals surface area contributed by atoms with Crippen molar-refractivity contribution in [1.82, 2.24) is 5.32 Å². The Hall–Kier alpha value is -4.40. The summed E-state index contributed by atoms with van der Waals surface area (Å²) in [5.74, 6) is 1.77. The molecule has 4 aromatic carbocycles. The fourth-order valence-corrected chi connectivity index (χ4v) is 6.11. The number of fused-ring (bicyclic) bond motifs is 2. The number of carbonyl (C=O) groups excluding carboxylic acids is 1. The number of benzene rings is 4. The number of rotatable bonds is 10. The van der Waals surface area contributed by atoms with E-state index in [2.05, 4.69) is 17.6 Å². The topological polar surface area (TPSA) is 85.9 Å². The number of carbonyl (C=O) groups is 1. The highest BCUT2D eigenvalue weighted by atomic mass is 32.1. The Kier molecular flexibility index (Phi) is 8.52. The van der Waals surface area contributed by atoms with Crippen molar-refractivity contribution in [3.63, 3.8) is 0 Å². The standard InChI is InChI=1S/C33H32N2O5S/c1-20(22-13-16-27(38-2)29(19-22)40-4)34-18-17-21-11-14-23(15-12-21)35-33(37)26-9-5-7-24-30(36)25-8-6-10-28(39-3)32(25)41-31(24)26/h5-16,19-20,34H,17-18H2,1-4H3,(H,35,37). The molecule has 7 nitrogen and oxygen atoms in total. The highest BCUT2D eigenvalue weighted by Gasteiger charge is 2.16. The summed E-state index contributed by atoms with van der Waals surface area (Å²) in [6.45, 7) is 2.90. The van der Waals surface area contributed by atoms with Crippen LogP contribution >= 0.6 is 11.3 Å². The molecule has 8 heteroatoms. The first-order valence-corrected chi connectivity index (χ1v) is 14.1. The molecule has 2 N–H and O–H groups in total. The molecule has 0 bridgehead atoms. The predicted molar refractivity (Wildman–Crippen MR) is 166 cm³/mol. The molecule has 0 fully saturated rings. The Balaban J connectivity index is 1.25. The number of hydrogen-bond donors (Lipinski definition) is 2. The molecular weight excluding hydrogens is 536 g/mol. The summed E-state index contributed by atoms with van der Waals surface area (Å²) in [6, 6.07) is 24.6. The maximum absolute atomic E-state index is 13.3. The molecule has 0 saturated heterocycles. The van der Waals surface area contributed by atoms with Gasteiger partial charge >= 0.3 is 0 Å². The van der Waals surface area contributed by atoms with E-state index >= 15 is 0 Å². The average molecular weight is 569 g/mol. The monoisotopic (exact) mass is 568 g/mol. The lowest BCUT2D eigenvalue weighted by molar-refractivity contribution is 0.102. The van der Waals surface area contributed by atoms with E-state index in [-0.39, 0.29) is 17.4 Å². The molecule has 0 saturated carbocycles. The van der Waals surface area contributed by atoms with Crippen molar-refractivity contribution in [2.24, 2.45) is 0 Å². The normalized spacial score (nSPS) is 11.8. The zero-order valence-corrected chi connectivity index (χ0v) is 24.3. The van der Waals surface area contributed by atoms with Gasteiger partial charge in [-0.1, -0.05) is 30.3 Å². The van der Waals surface area contributed by atoms with Gasteiger partial charge < -0.3 is 24.8 Å². The molecule has 0 spiro atoms. The van der Waals surface area contributed by atoms with Crippen LogP contribution in [0, 0.1) is 0 Å². The van der Waals surface area contributed by atoms with Gasteiger partial charge in [0.2, 0.25) is 0 Å². The van der Waals surface area contributed by atoms with Crippen LogP contribution in [0.4, 0.5) is 5.69 Å². The van der Waals surface area contributed by atoms with E-state index in [0.717, 1.165) is 28.8 Å². The quantitative estimate of drug-likeness (QED) is 0.185. The third-order valence-corrected chi connectivity index (χ3v) is 8.40. The smallest absolute Gasteiger partial charge is 0.257 e. The third-order valence-electron chi connectivity index (χ3n) is 7.14. The lowest BCUT2D eigenvalue weighted by Crippen LogP contribution is -2.21. The average Bonchev–Trinajstić information content (AvgIpc) is 3.01. The Labute approximate surface area is 242 Å². The number of ether oxygens (including phenoxy) is 3. The molecule has 0 aliphatic carbocycles. The molecule has 1 atom stereocenters. The highest BCUT2D eigenvalue weighted by Crippen LogP contribution is 2.34. The summed E-state index contributed by atoms with van der Waals surface area (Å²) in [4.78, 5) is 26.5. The maximum atomic E-state index is 13.3. The van der Waals surface area contributed by atoms with Crippen LogP contribution in [0.15, 0.2) is 83.7 Å². The fraction of sp³-hybridized carbons (Fsp3) is 0.212. The second kappa shape index (κ2) is 12.4. The number of hydrogen-bond acceptors (Lipinski definition) is 7. The zero-order valence-electron chi connectivity index (χ0n) is 23.4. The first-order valence-electron chi connectivity index (χ1n) is 13.3. The van der Waals surface area contributed by atoms with Crippen LogP contribution in [-0.4, -0.2) is 33.8 Å². The lowest BCUT2D eigenvalue weighted by atomic mass is 10.1. The van der Waals surface area contributed by atoms with E-state index < -0.39 is 0 Å². The van der Waals surface area contributed by atoms with Crippen molar-refractivity contribution >= 4 is 43.1 Å². The second-order valence-electron chi connectivity index (χ2n) is 9.64. The first kappa shape index (κ1) is 28.1. The van der Waals surface area contributed by atoms with Crippen LogP contribution in [0.1, 0.15) is 34.5 Å². The third kappa shape index (κ3) is 5.89. The van der Waals surface area contributed by atoms with Gasteiger partial charge in [0.05, 0.1) is 36.3 Å². The first-order chi connectivity index (χ1) is 19.9. The minimum Gasteiger partial charge on any atom is -0.495 e. The molecule has 210 valence electrons. The van der Waals surface area contributed by atoms with Crippen LogP contribution in [0.25, 0.3) is 20.2 Å². The summed E-state index contributed by atoms with van der Waals surface area (Å²) in [6.07, 6.45) is 0.831. The molecule has 5 rings (SSSR count). The number of methoxy groups -OCH3 is 3. The van der Waals surface area contributed by atoms with Crippen molar-refractivity contribution in [1.29, 1.82) is 0 Å². The Morgan fingerprint density at radius 1 is 0.805 bits per heavy atom. The molecule has 0 aliphatic rings. The van der Waals surface area contributed by atoms with Crippen LogP contribution in [-0.2, 0) is 6.42 Å². The SMILES string of the molecule is COc1ccc(C(C)NCCc2ccc(NC(=O)c3cccc4c(=O)c5cccc(OC)c5sc34)cc2)cc1OC. The van der Waals surface area contributed by atoms with Gasteiger partial charge in [-0.3, -0.25) is 9.59 Å². The van der Waals surface area contributed by atoms with Gasteiger partial charge in [0.15, 0.2) is 16.9 Å². The highest BCUT2D eigenvalue weighted by molar-refractivity contribution is 7.25. The van der Waals surface area contributed by atoms with Gasteiger partial charge in [0.1, 0.15) is 5.75 Å². The summed E-state index contributed by atoms with van der Waals surface area (Å²) in [7, 11) is 4.84. The van der Waals surface area contributed by atoms with E-state index in [9.17, 15) is 9.59 Å². The van der Waals surface area contributed by atoms with Crippen molar-refractivity contribution in [2.45, 2.75) is 19.4 Å². The minimum atomic E-state index is -0.265. The Bertz CT molecular complexity index is 1760. The van der Waals surface area contributed by atoms with Crippen LogP contribution in [0.5, 0.6) is 17.2 Å². The Morgan fingerprint density at radius 2 is 1.49 bits per heavy atom. The number of amides is 1. The molecule has 1 unspecified atom stereocenters.